The molecule has 0 N–H and O–H groups in total. The average molecular weight is 734 g/mol. The minimum atomic E-state index is 0.894. The van der Waals surface area contributed by atoms with Crippen LogP contribution in [0.4, 0.5) is 17.1 Å². The van der Waals surface area contributed by atoms with Crippen LogP contribution < -0.4 is 4.90 Å². The molecule has 0 unspecified atom stereocenters. The zero-order valence-corrected chi connectivity index (χ0v) is 30.9. The van der Waals surface area contributed by atoms with Gasteiger partial charge >= 0.3 is 0 Å². The topological polar surface area (TPSA) is 29.5 Å². The molecule has 9 aromatic carbocycles. The quantitative estimate of drug-likeness (QED) is 0.176. The maximum Gasteiger partial charge on any atom is 0.136 e. The molecule has 3 heterocycles. The normalized spacial score (nSPS) is 11.9. The molecule has 56 heavy (non-hydrogen) atoms. The van der Waals surface area contributed by atoms with Crippen LogP contribution in [-0.2, 0) is 0 Å². The highest BCUT2D eigenvalue weighted by molar-refractivity contribution is 7.22. The van der Waals surface area contributed by atoms with Gasteiger partial charge in [-0.05, 0) is 129 Å². The summed E-state index contributed by atoms with van der Waals surface area (Å²) in [4.78, 5) is 3.63. The van der Waals surface area contributed by atoms with E-state index in [0.29, 0.717) is 0 Å². The van der Waals surface area contributed by atoms with Crippen molar-refractivity contribution in [3.05, 3.63) is 188 Å². The first-order valence-electron chi connectivity index (χ1n) is 18.9. The predicted molar refractivity (Wildman–Crippen MR) is 237 cm³/mol. The minimum absolute atomic E-state index is 0.894. The lowest BCUT2D eigenvalue weighted by atomic mass is 10.0. The molecular formula is C52H31NO2S. The molecule has 0 spiro atoms. The van der Waals surface area contributed by atoms with E-state index >= 15 is 0 Å². The molecular weight excluding hydrogens is 703 g/mol. The van der Waals surface area contributed by atoms with E-state index in [4.69, 9.17) is 8.83 Å². The van der Waals surface area contributed by atoms with Crippen molar-refractivity contribution in [2.45, 2.75) is 0 Å². The van der Waals surface area contributed by atoms with Gasteiger partial charge in [0.2, 0.25) is 0 Å². The van der Waals surface area contributed by atoms with Gasteiger partial charge in [0.25, 0.3) is 0 Å². The zero-order chi connectivity index (χ0) is 36.7. The van der Waals surface area contributed by atoms with Crippen LogP contribution in [0.1, 0.15) is 0 Å². The second-order valence-electron chi connectivity index (χ2n) is 14.6. The summed E-state index contributed by atoms with van der Waals surface area (Å²) in [5.41, 5.74) is 10.4. The van der Waals surface area contributed by atoms with Gasteiger partial charge in [-0.2, -0.15) is 0 Å². The molecule has 0 radical (unpaired) electrons. The van der Waals surface area contributed by atoms with E-state index < -0.39 is 0 Å². The lowest BCUT2D eigenvalue weighted by Gasteiger charge is -2.26. The minimum Gasteiger partial charge on any atom is -0.456 e. The largest absolute Gasteiger partial charge is 0.456 e. The van der Waals surface area contributed by atoms with Crippen molar-refractivity contribution in [2.75, 3.05) is 4.90 Å². The van der Waals surface area contributed by atoms with Gasteiger partial charge < -0.3 is 13.7 Å². The summed E-state index contributed by atoms with van der Waals surface area (Å²) in [6.45, 7) is 0. The number of hydrogen-bond acceptors (Lipinski definition) is 4. The highest BCUT2D eigenvalue weighted by atomic mass is 32.1. The van der Waals surface area contributed by atoms with Crippen LogP contribution in [0.3, 0.4) is 0 Å². The van der Waals surface area contributed by atoms with E-state index in [9.17, 15) is 0 Å². The monoisotopic (exact) mass is 733 g/mol. The summed E-state index contributed by atoms with van der Waals surface area (Å²) >= 11 is 1.84. The van der Waals surface area contributed by atoms with Gasteiger partial charge in [-0.3, -0.25) is 0 Å². The summed E-state index contributed by atoms with van der Waals surface area (Å²) in [6.07, 6.45) is 0. The number of benzene rings is 9. The second kappa shape index (κ2) is 12.2. The second-order valence-corrected chi connectivity index (χ2v) is 15.6. The first kappa shape index (κ1) is 31.2. The molecule has 0 aliphatic heterocycles. The van der Waals surface area contributed by atoms with E-state index in [-0.39, 0.29) is 0 Å². The van der Waals surface area contributed by atoms with Crippen molar-refractivity contribution in [3.63, 3.8) is 0 Å². The van der Waals surface area contributed by atoms with Crippen LogP contribution >= 0.6 is 11.3 Å². The number of para-hydroxylation sites is 2. The van der Waals surface area contributed by atoms with Crippen LogP contribution in [0.25, 0.3) is 97.1 Å². The number of thiophene rings is 1. The molecule has 0 saturated carbocycles. The summed E-state index contributed by atoms with van der Waals surface area (Å²) in [6, 6.07) is 67.6. The maximum atomic E-state index is 6.31. The zero-order valence-electron chi connectivity index (χ0n) is 30.1. The molecule has 3 nitrogen and oxygen atoms in total. The Morgan fingerprint density at radius 2 is 0.821 bits per heavy atom. The Morgan fingerprint density at radius 3 is 1.41 bits per heavy atom. The van der Waals surface area contributed by atoms with Crippen molar-refractivity contribution in [1.82, 2.24) is 0 Å². The Bertz CT molecular complexity index is 3290. The fraction of sp³-hybridized carbons (Fsp3) is 0. The summed E-state index contributed by atoms with van der Waals surface area (Å²) < 4.78 is 13.9. The molecule has 3 aromatic heterocycles. The van der Waals surface area contributed by atoms with Gasteiger partial charge in [-0.15, -0.1) is 11.3 Å². The fourth-order valence-corrected chi connectivity index (χ4v) is 9.46. The summed E-state index contributed by atoms with van der Waals surface area (Å²) in [5.74, 6) is 0. The SMILES string of the molecule is c1ccc2sc(-c3ccc(-c4ccc(N(c5ccc6cc7c(cc6c5)oc5ccccc57)c5ccc6cc7c(cc6c5)oc5ccccc57)cc4)cc3)cc2c1. The molecule has 0 saturated heterocycles. The number of furan rings is 2. The van der Waals surface area contributed by atoms with Crippen molar-refractivity contribution >= 4 is 104 Å². The first-order chi connectivity index (χ1) is 27.7. The van der Waals surface area contributed by atoms with Gasteiger partial charge in [-0.25, -0.2) is 0 Å². The molecule has 4 heteroatoms. The van der Waals surface area contributed by atoms with E-state index in [1.165, 1.54) is 42.4 Å². The Kier molecular flexibility index (Phi) is 6.80. The molecule has 0 bridgehead atoms. The average Bonchev–Trinajstić information content (AvgIpc) is 3.95. The van der Waals surface area contributed by atoms with Gasteiger partial charge in [0.1, 0.15) is 22.3 Å². The van der Waals surface area contributed by atoms with Crippen LogP contribution in [-0.4, -0.2) is 0 Å². The standard InChI is InChI=1S/C52H31NO2S/c1-6-12-51-37(7-1)31-52(56-51)34-15-13-32(14-16-34)33-17-21-40(22-18-33)53(41-23-19-35-27-45-43-8-2-4-10-47(43)54-49(45)29-38(35)25-41)42-24-20-36-28-46-44-9-3-5-11-48(44)55-50(46)30-39(36)26-42/h1-31H. The first-order valence-corrected chi connectivity index (χ1v) is 19.7. The van der Waals surface area contributed by atoms with E-state index in [0.717, 1.165) is 71.7 Å². The molecule has 262 valence electrons. The highest BCUT2D eigenvalue weighted by Gasteiger charge is 2.17. The molecule has 0 aliphatic rings. The van der Waals surface area contributed by atoms with Crippen LogP contribution in [0.5, 0.6) is 0 Å². The van der Waals surface area contributed by atoms with Gasteiger partial charge in [0.05, 0.1) is 0 Å². The molecule has 0 aliphatic carbocycles. The Balaban J connectivity index is 0.963. The van der Waals surface area contributed by atoms with Crippen molar-refractivity contribution in [3.8, 4) is 21.6 Å². The highest BCUT2D eigenvalue weighted by Crippen LogP contribution is 2.42. The van der Waals surface area contributed by atoms with E-state index in [2.05, 4.69) is 169 Å². The fourth-order valence-electron chi connectivity index (χ4n) is 8.39. The summed E-state index contributed by atoms with van der Waals surface area (Å²) in [5, 5.41) is 10.4. The number of anilines is 3. The van der Waals surface area contributed by atoms with Crippen LogP contribution in [0, 0.1) is 0 Å². The van der Waals surface area contributed by atoms with E-state index in [1.54, 1.807) is 0 Å². The van der Waals surface area contributed by atoms with Crippen LogP contribution in [0.15, 0.2) is 197 Å². The Labute approximate surface area is 325 Å². The Morgan fingerprint density at radius 1 is 0.321 bits per heavy atom. The number of nitrogens with zero attached hydrogens (tertiary/aromatic N) is 1. The third-order valence-corrected chi connectivity index (χ3v) is 12.4. The van der Waals surface area contributed by atoms with Gasteiger partial charge in [0, 0.05) is 48.2 Å². The predicted octanol–water partition coefficient (Wildman–Crippen LogP) is 15.8. The number of rotatable bonds is 5. The molecule has 0 fully saturated rings. The van der Waals surface area contributed by atoms with Gasteiger partial charge in [0.15, 0.2) is 0 Å². The van der Waals surface area contributed by atoms with Crippen LogP contribution in [0.2, 0.25) is 0 Å². The van der Waals surface area contributed by atoms with Gasteiger partial charge in [-0.1, -0.05) is 103 Å². The van der Waals surface area contributed by atoms with Crippen molar-refractivity contribution in [1.29, 1.82) is 0 Å². The van der Waals surface area contributed by atoms with E-state index in [1.807, 2.05) is 35.6 Å². The lowest BCUT2D eigenvalue weighted by Crippen LogP contribution is -2.09. The molecule has 12 rings (SSSR count). The molecule has 12 aromatic rings. The smallest absolute Gasteiger partial charge is 0.136 e. The molecule has 0 atom stereocenters. The lowest BCUT2D eigenvalue weighted by molar-refractivity contribution is 0.669. The van der Waals surface area contributed by atoms with Crippen molar-refractivity contribution in [2.24, 2.45) is 0 Å². The summed E-state index contributed by atoms with van der Waals surface area (Å²) in [7, 11) is 0. The molecule has 0 amide bonds. The maximum absolute atomic E-state index is 6.31. The number of hydrogen-bond donors (Lipinski definition) is 0. The van der Waals surface area contributed by atoms with Crippen molar-refractivity contribution < 1.29 is 8.83 Å². The number of fused-ring (bicyclic) bond motifs is 9. The third-order valence-electron chi connectivity index (χ3n) is 11.2. The third kappa shape index (κ3) is 5.04. The Hall–Kier alpha value is -7.14.